The van der Waals surface area contributed by atoms with E-state index in [0.717, 1.165) is 5.56 Å². The number of hydrogen-bond acceptors (Lipinski definition) is 2. The van der Waals surface area contributed by atoms with Gasteiger partial charge in [-0.05, 0) is 44.5 Å². The first kappa shape index (κ1) is 18.6. The topological polar surface area (TPSA) is 29.5 Å². The third kappa shape index (κ3) is 5.15. The van der Waals surface area contributed by atoms with Crippen molar-refractivity contribution in [2.45, 2.75) is 32.9 Å². The van der Waals surface area contributed by atoms with Gasteiger partial charge in [0.1, 0.15) is 5.75 Å². The molecule has 0 heterocycles. The maximum absolute atomic E-state index is 12.7. The van der Waals surface area contributed by atoms with E-state index in [9.17, 15) is 4.79 Å². The normalized spacial score (nSPS) is 11.2. The molecule has 5 heteroatoms. The van der Waals surface area contributed by atoms with Crippen LogP contribution in [0.15, 0.2) is 48.5 Å². The molecule has 2 aromatic rings. The number of ether oxygens (including phenoxy) is 1. The highest BCUT2D eigenvalue weighted by molar-refractivity contribution is 6.35. The van der Waals surface area contributed by atoms with E-state index in [1.807, 2.05) is 51.1 Å². The zero-order valence-electron chi connectivity index (χ0n) is 14.1. The summed E-state index contributed by atoms with van der Waals surface area (Å²) in [6, 6.07) is 14.8. The van der Waals surface area contributed by atoms with Gasteiger partial charge in [0.05, 0.1) is 5.02 Å². The van der Waals surface area contributed by atoms with Crippen molar-refractivity contribution in [1.82, 2.24) is 4.90 Å². The lowest BCUT2D eigenvalue weighted by Gasteiger charge is -2.35. The molecule has 0 saturated carbocycles. The molecule has 24 heavy (non-hydrogen) atoms. The second-order valence-corrected chi connectivity index (χ2v) is 7.34. The van der Waals surface area contributed by atoms with Crippen molar-refractivity contribution in [2.75, 3.05) is 6.61 Å². The molecule has 0 bridgehead atoms. The molecule has 0 atom stereocenters. The van der Waals surface area contributed by atoms with Gasteiger partial charge in [-0.25, -0.2) is 0 Å². The molecule has 0 saturated heterocycles. The third-order valence-corrected chi connectivity index (χ3v) is 4.07. The van der Waals surface area contributed by atoms with Gasteiger partial charge in [0.25, 0.3) is 5.91 Å². The molecule has 1 amide bonds. The fourth-order valence-electron chi connectivity index (χ4n) is 2.28. The molecular weight excluding hydrogens is 345 g/mol. The van der Waals surface area contributed by atoms with Crippen LogP contribution in [0.1, 0.15) is 26.3 Å². The van der Waals surface area contributed by atoms with Crippen LogP contribution in [0.5, 0.6) is 5.75 Å². The van der Waals surface area contributed by atoms with Gasteiger partial charge < -0.3 is 9.64 Å². The van der Waals surface area contributed by atoms with E-state index in [-0.39, 0.29) is 18.1 Å². The number of rotatable bonds is 5. The van der Waals surface area contributed by atoms with Crippen molar-refractivity contribution in [2.24, 2.45) is 0 Å². The summed E-state index contributed by atoms with van der Waals surface area (Å²) in [6.45, 7) is 6.46. The second kappa shape index (κ2) is 7.91. The van der Waals surface area contributed by atoms with Crippen molar-refractivity contribution in [3.8, 4) is 5.75 Å². The molecule has 2 aromatic carbocycles. The minimum absolute atomic E-state index is 0.0779. The number of benzene rings is 2. The highest BCUT2D eigenvalue weighted by Gasteiger charge is 2.27. The summed E-state index contributed by atoms with van der Waals surface area (Å²) in [5.74, 6) is 0.348. The van der Waals surface area contributed by atoms with Crippen LogP contribution in [0.3, 0.4) is 0 Å². The van der Waals surface area contributed by atoms with E-state index in [0.29, 0.717) is 22.3 Å². The third-order valence-electron chi connectivity index (χ3n) is 3.54. The van der Waals surface area contributed by atoms with E-state index in [2.05, 4.69) is 0 Å². The highest BCUT2D eigenvalue weighted by atomic mass is 35.5. The summed E-state index contributed by atoms with van der Waals surface area (Å²) in [4.78, 5) is 14.5. The van der Waals surface area contributed by atoms with E-state index in [4.69, 9.17) is 27.9 Å². The molecule has 0 N–H and O–H groups in total. The Bertz CT molecular complexity index is 696. The van der Waals surface area contributed by atoms with Gasteiger partial charge >= 0.3 is 0 Å². The monoisotopic (exact) mass is 365 g/mol. The summed E-state index contributed by atoms with van der Waals surface area (Å²) in [7, 11) is 0. The fraction of sp³-hybridized carbons (Fsp3) is 0.316. The van der Waals surface area contributed by atoms with Crippen LogP contribution >= 0.6 is 23.2 Å². The average Bonchev–Trinajstić information content (AvgIpc) is 2.51. The first-order valence-electron chi connectivity index (χ1n) is 7.69. The summed E-state index contributed by atoms with van der Waals surface area (Å²) < 4.78 is 5.59. The number of halogens is 2. The molecule has 0 spiro atoms. The second-order valence-electron chi connectivity index (χ2n) is 6.50. The van der Waals surface area contributed by atoms with Crippen molar-refractivity contribution in [3.63, 3.8) is 0 Å². The van der Waals surface area contributed by atoms with Crippen LogP contribution in [0, 0.1) is 0 Å². The molecular formula is C19H21Cl2NO2. The fourth-order valence-corrected chi connectivity index (χ4v) is 2.74. The zero-order valence-corrected chi connectivity index (χ0v) is 15.6. The number of nitrogens with zero attached hydrogens (tertiary/aromatic N) is 1. The van der Waals surface area contributed by atoms with Gasteiger partial charge in [-0.15, -0.1) is 0 Å². The molecule has 0 aliphatic rings. The van der Waals surface area contributed by atoms with Crippen molar-refractivity contribution in [1.29, 1.82) is 0 Å². The van der Waals surface area contributed by atoms with Crippen molar-refractivity contribution < 1.29 is 9.53 Å². The molecule has 0 unspecified atom stereocenters. The first-order valence-corrected chi connectivity index (χ1v) is 8.45. The summed E-state index contributed by atoms with van der Waals surface area (Å²) in [5.41, 5.74) is 0.755. The van der Waals surface area contributed by atoms with Crippen LogP contribution in [0.4, 0.5) is 0 Å². The average molecular weight is 366 g/mol. The predicted octanol–water partition coefficient (Wildman–Crippen LogP) is 5.20. The van der Waals surface area contributed by atoms with E-state index < -0.39 is 0 Å². The Morgan fingerprint density at radius 3 is 2.33 bits per heavy atom. The lowest BCUT2D eigenvalue weighted by molar-refractivity contribution is -0.139. The Hall–Kier alpha value is -1.71. The van der Waals surface area contributed by atoms with Gasteiger partial charge in [0, 0.05) is 17.1 Å². The minimum atomic E-state index is -0.319. The van der Waals surface area contributed by atoms with E-state index in [1.54, 1.807) is 23.1 Å². The van der Waals surface area contributed by atoms with Crippen LogP contribution in [-0.2, 0) is 11.3 Å². The van der Waals surface area contributed by atoms with E-state index >= 15 is 0 Å². The molecule has 2 rings (SSSR count). The van der Waals surface area contributed by atoms with Crippen molar-refractivity contribution >= 4 is 29.1 Å². The standard InChI is InChI=1S/C19H21Cl2NO2/c1-19(2,3)22(12-14-7-5-4-6-8-14)18(23)13-24-17-10-9-15(20)11-16(17)21/h4-11H,12-13H2,1-3H3. The Morgan fingerprint density at radius 2 is 1.75 bits per heavy atom. The summed E-state index contributed by atoms with van der Waals surface area (Å²) >= 11 is 11.9. The zero-order chi connectivity index (χ0) is 17.7. The van der Waals surface area contributed by atoms with Gasteiger partial charge in [-0.1, -0.05) is 53.5 Å². The molecule has 0 fully saturated rings. The summed E-state index contributed by atoms with van der Waals surface area (Å²) in [6.07, 6.45) is 0. The predicted molar refractivity (Wildman–Crippen MR) is 98.7 cm³/mol. The Balaban J connectivity index is 2.08. The number of hydrogen-bond donors (Lipinski definition) is 0. The van der Waals surface area contributed by atoms with Crippen LogP contribution < -0.4 is 4.74 Å². The first-order chi connectivity index (χ1) is 11.3. The van der Waals surface area contributed by atoms with Crippen LogP contribution in [-0.4, -0.2) is 23.0 Å². The van der Waals surface area contributed by atoms with E-state index in [1.165, 1.54) is 0 Å². The molecule has 0 radical (unpaired) electrons. The molecule has 3 nitrogen and oxygen atoms in total. The largest absolute Gasteiger partial charge is 0.482 e. The maximum Gasteiger partial charge on any atom is 0.261 e. The Morgan fingerprint density at radius 1 is 1.08 bits per heavy atom. The SMILES string of the molecule is CC(C)(C)N(Cc1ccccc1)C(=O)COc1ccc(Cl)cc1Cl. The highest BCUT2D eigenvalue weighted by Crippen LogP contribution is 2.27. The summed E-state index contributed by atoms with van der Waals surface area (Å²) in [5, 5.41) is 0.916. The maximum atomic E-state index is 12.7. The van der Waals surface area contributed by atoms with Gasteiger partial charge in [0.2, 0.25) is 0 Å². The molecule has 0 aromatic heterocycles. The smallest absolute Gasteiger partial charge is 0.261 e. The number of amides is 1. The van der Waals surface area contributed by atoms with Crippen molar-refractivity contribution in [3.05, 3.63) is 64.1 Å². The van der Waals surface area contributed by atoms with Crippen LogP contribution in [0.2, 0.25) is 10.0 Å². The molecule has 0 aliphatic carbocycles. The Kier molecular flexibility index (Phi) is 6.14. The molecule has 0 aliphatic heterocycles. The van der Waals surface area contributed by atoms with Crippen LogP contribution in [0.25, 0.3) is 0 Å². The molecule has 128 valence electrons. The lowest BCUT2D eigenvalue weighted by Crippen LogP contribution is -2.47. The minimum Gasteiger partial charge on any atom is -0.482 e. The lowest BCUT2D eigenvalue weighted by atomic mass is 10.0. The van der Waals surface area contributed by atoms with Gasteiger partial charge in [-0.3, -0.25) is 4.79 Å². The van der Waals surface area contributed by atoms with Gasteiger partial charge in [-0.2, -0.15) is 0 Å². The quantitative estimate of drug-likeness (QED) is 0.728. The number of carbonyl (C=O) groups is 1. The Labute approximate surface area is 153 Å². The number of carbonyl (C=O) groups excluding carboxylic acids is 1. The van der Waals surface area contributed by atoms with Gasteiger partial charge in [0.15, 0.2) is 6.61 Å².